The second kappa shape index (κ2) is 5.92. The lowest BCUT2D eigenvalue weighted by atomic mass is 10.1. The summed E-state index contributed by atoms with van der Waals surface area (Å²) < 4.78 is 38.5. The molecular formula is C13H6BrClF3N3. The lowest BCUT2D eigenvalue weighted by Gasteiger charge is -2.12. The van der Waals surface area contributed by atoms with Crippen molar-refractivity contribution in [1.82, 2.24) is 4.98 Å². The number of rotatable bonds is 2. The first-order valence-corrected chi connectivity index (χ1v) is 6.68. The molecule has 2 aromatic rings. The highest BCUT2D eigenvalue weighted by atomic mass is 79.9. The molecule has 1 aromatic heterocycles. The first kappa shape index (κ1) is 15.6. The molecule has 0 saturated carbocycles. The van der Waals surface area contributed by atoms with Crippen LogP contribution in [0.3, 0.4) is 0 Å². The van der Waals surface area contributed by atoms with Gasteiger partial charge in [0.25, 0.3) is 0 Å². The largest absolute Gasteiger partial charge is 0.416 e. The molecule has 0 aliphatic rings. The Morgan fingerprint density at radius 2 is 2.00 bits per heavy atom. The summed E-state index contributed by atoms with van der Waals surface area (Å²) in [5, 5.41) is 12.0. The van der Waals surface area contributed by atoms with Crippen molar-refractivity contribution >= 4 is 39.0 Å². The molecule has 0 atom stereocenters. The van der Waals surface area contributed by atoms with Gasteiger partial charge in [0, 0.05) is 10.7 Å². The maximum absolute atomic E-state index is 12.6. The third kappa shape index (κ3) is 3.65. The van der Waals surface area contributed by atoms with E-state index in [1.165, 1.54) is 12.3 Å². The Morgan fingerprint density at radius 3 is 2.57 bits per heavy atom. The van der Waals surface area contributed by atoms with E-state index in [1.54, 1.807) is 12.1 Å². The van der Waals surface area contributed by atoms with Crippen LogP contribution >= 0.6 is 27.5 Å². The van der Waals surface area contributed by atoms with E-state index in [0.717, 1.165) is 12.1 Å². The fourth-order valence-electron chi connectivity index (χ4n) is 1.56. The van der Waals surface area contributed by atoms with Gasteiger partial charge in [0.1, 0.15) is 11.9 Å². The van der Waals surface area contributed by atoms with Gasteiger partial charge >= 0.3 is 6.18 Å². The van der Waals surface area contributed by atoms with Gasteiger partial charge in [-0.1, -0.05) is 11.6 Å². The minimum Gasteiger partial charge on any atom is -0.338 e. The van der Waals surface area contributed by atoms with Gasteiger partial charge in [-0.2, -0.15) is 18.4 Å². The van der Waals surface area contributed by atoms with Gasteiger partial charge in [0.05, 0.1) is 21.8 Å². The molecule has 1 N–H and O–H groups in total. The number of halogens is 5. The molecular weight excluding hydrogens is 371 g/mol. The van der Waals surface area contributed by atoms with E-state index in [-0.39, 0.29) is 22.1 Å². The number of alkyl halides is 3. The summed E-state index contributed by atoms with van der Waals surface area (Å²) in [6.45, 7) is 0. The van der Waals surface area contributed by atoms with E-state index in [9.17, 15) is 13.2 Å². The standard InChI is InChI=1S/C13H6BrClF3N3/c14-9-4-10(15)12(20-6-9)21-11-2-1-8(13(16,17)18)3-7(11)5-19/h1-4,6H,(H,20,21). The quantitative estimate of drug-likeness (QED) is 0.790. The number of nitrogens with one attached hydrogen (secondary N) is 1. The van der Waals surface area contributed by atoms with Gasteiger partial charge in [-0.25, -0.2) is 4.98 Å². The van der Waals surface area contributed by atoms with Crippen molar-refractivity contribution in [3.05, 3.63) is 51.1 Å². The number of nitriles is 1. The van der Waals surface area contributed by atoms with E-state index >= 15 is 0 Å². The van der Waals surface area contributed by atoms with Crippen LogP contribution in [0.4, 0.5) is 24.7 Å². The maximum Gasteiger partial charge on any atom is 0.416 e. The van der Waals surface area contributed by atoms with Crippen molar-refractivity contribution in [1.29, 1.82) is 5.26 Å². The van der Waals surface area contributed by atoms with Gasteiger partial charge in [0.2, 0.25) is 0 Å². The van der Waals surface area contributed by atoms with E-state index < -0.39 is 11.7 Å². The molecule has 0 radical (unpaired) electrons. The molecule has 0 bridgehead atoms. The molecule has 1 heterocycles. The second-order valence-corrected chi connectivity index (χ2v) is 5.30. The molecule has 8 heteroatoms. The smallest absolute Gasteiger partial charge is 0.338 e. The predicted molar refractivity (Wildman–Crippen MR) is 76.4 cm³/mol. The number of benzene rings is 1. The van der Waals surface area contributed by atoms with Crippen molar-refractivity contribution < 1.29 is 13.2 Å². The third-order valence-electron chi connectivity index (χ3n) is 2.53. The highest BCUT2D eigenvalue weighted by Crippen LogP contribution is 2.33. The normalized spacial score (nSPS) is 11.0. The first-order valence-electron chi connectivity index (χ1n) is 5.50. The summed E-state index contributed by atoms with van der Waals surface area (Å²) in [6, 6.07) is 6.12. The van der Waals surface area contributed by atoms with Crippen molar-refractivity contribution in [3.63, 3.8) is 0 Å². The molecule has 108 valence electrons. The SMILES string of the molecule is N#Cc1cc(C(F)(F)F)ccc1Nc1ncc(Br)cc1Cl. The van der Waals surface area contributed by atoms with Crippen LogP contribution < -0.4 is 5.32 Å². The first-order chi connectivity index (χ1) is 9.81. The molecule has 1 aromatic carbocycles. The fourth-order valence-corrected chi connectivity index (χ4v) is 2.23. The van der Waals surface area contributed by atoms with Gasteiger partial charge in [-0.15, -0.1) is 0 Å². The molecule has 0 aliphatic heterocycles. The number of aromatic nitrogens is 1. The molecule has 0 spiro atoms. The number of nitrogens with zero attached hydrogens (tertiary/aromatic N) is 2. The molecule has 2 rings (SSSR count). The summed E-state index contributed by atoms with van der Waals surface area (Å²) in [7, 11) is 0. The number of hydrogen-bond donors (Lipinski definition) is 1. The van der Waals surface area contributed by atoms with E-state index in [4.69, 9.17) is 16.9 Å². The Bertz CT molecular complexity index is 726. The van der Waals surface area contributed by atoms with Gasteiger partial charge in [-0.3, -0.25) is 0 Å². The van der Waals surface area contributed by atoms with Crippen molar-refractivity contribution in [2.75, 3.05) is 5.32 Å². The minimum atomic E-state index is -4.50. The summed E-state index contributed by atoms with van der Waals surface area (Å²) in [6.07, 6.45) is -3.03. The Labute approximate surface area is 131 Å². The zero-order chi connectivity index (χ0) is 15.6. The Balaban J connectivity index is 2.39. The van der Waals surface area contributed by atoms with Crippen LogP contribution in [0.1, 0.15) is 11.1 Å². The predicted octanol–water partition coefficient (Wildman–Crippen LogP) is 5.13. The zero-order valence-electron chi connectivity index (χ0n) is 10.2. The molecule has 0 unspecified atom stereocenters. The lowest BCUT2D eigenvalue weighted by molar-refractivity contribution is -0.137. The van der Waals surface area contributed by atoms with Crippen LogP contribution in [0.2, 0.25) is 5.02 Å². The maximum atomic E-state index is 12.6. The average molecular weight is 377 g/mol. The van der Waals surface area contributed by atoms with Crippen LogP contribution in [0.25, 0.3) is 0 Å². The van der Waals surface area contributed by atoms with Gasteiger partial charge in [-0.05, 0) is 40.2 Å². The zero-order valence-corrected chi connectivity index (χ0v) is 12.5. The molecule has 0 aliphatic carbocycles. The lowest BCUT2D eigenvalue weighted by Crippen LogP contribution is -2.06. The minimum absolute atomic E-state index is 0.148. The van der Waals surface area contributed by atoms with Crippen LogP contribution in [0.5, 0.6) is 0 Å². The van der Waals surface area contributed by atoms with E-state index in [2.05, 4.69) is 26.2 Å². The highest BCUT2D eigenvalue weighted by molar-refractivity contribution is 9.10. The molecule has 0 saturated heterocycles. The topological polar surface area (TPSA) is 48.7 Å². The second-order valence-electron chi connectivity index (χ2n) is 3.98. The van der Waals surface area contributed by atoms with Crippen molar-refractivity contribution in [2.24, 2.45) is 0 Å². The van der Waals surface area contributed by atoms with Gasteiger partial charge < -0.3 is 5.32 Å². The van der Waals surface area contributed by atoms with Crippen LogP contribution in [0.15, 0.2) is 34.9 Å². The summed E-state index contributed by atoms with van der Waals surface area (Å²) in [5.41, 5.74) is -0.840. The van der Waals surface area contributed by atoms with Crippen LogP contribution in [-0.2, 0) is 6.18 Å². The van der Waals surface area contributed by atoms with Gasteiger partial charge in [0.15, 0.2) is 0 Å². The molecule has 0 amide bonds. The summed E-state index contributed by atoms with van der Waals surface area (Å²) in [5.74, 6) is 0.246. The number of pyridine rings is 1. The van der Waals surface area contributed by atoms with E-state index in [1.807, 2.05) is 0 Å². The highest BCUT2D eigenvalue weighted by Gasteiger charge is 2.31. The van der Waals surface area contributed by atoms with Crippen LogP contribution in [0, 0.1) is 11.3 Å². The monoisotopic (exact) mass is 375 g/mol. The Kier molecular flexibility index (Phi) is 4.40. The average Bonchev–Trinajstić information content (AvgIpc) is 2.41. The van der Waals surface area contributed by atoms with Crippen molar-refractivity contribution in [3.8, 4) is 6.07 Å². The number of hydrogen-bond acceptors (Lipinski definition) is 3. The number of anilines is 2. The summed E-state index contributed by atoms with van der Waals surface area (Å²) >= 11 is 9.15. The molecule has 0 fully saturated rings. The Morgan fingerprint density at radius 1 is 1.29 bits per heavy atom. The summed E-state index contributed by atoms with van der Waals surface area (Å²) in [4.78, 5) is 4.00. The fraction of sp³-hybridized carbons (Fsp3) is 0.0769. The molecule has 21 heavy (non-hydrogen) atoms. The van der Waals surface area contributed by atoms with E-state index in [0.29, 0.717) is 4.47 Å². The van der Waals surface area contributed by atoms with Crippen molar-refractivity contribution in [2.45, 2.75) is 6.18 Å². The third-order valence-corrected chi connectivity index (χ3v) is 3.25. The molecule has 3 nitrogen and oxygen atoms in total. The van der Waals surface area contributed by atoms with Crippen LogP contribution in [-0.4, -0.2) is 4.98 Å². The Hall–Kier alpha value is -1.78.